The van der Waals surface area contributed by atoms with E-state index in [4.69, 9.17) is 0 Å². The standard InChI is InChI=1S/C7H12INO2/c1-4-7(8,11)9-6(10)5(2)3/h11H,2,4H2,1,3H3,(H,9,10). The van der Waals surface area contributed by atoms with Gasteiger partial charge in [0.1, 0.15) is 0 Å². The molecule has 0 aromatic rings. The molecule has 0 spiro atoms. The van der Waals surface area contributed by atoms with Gasteiger partial charge in [0.15, 0.2) is 3.73 Å². The van der Waals surface area contributed by atoms with Gasteiger partial charge in [0.2, 0.25) is 5.91 Å². The molecule has 4 heteroatoms. The van der Waals surface area contributed by atoms with E-state index in [0.29, 0.717) is 12.0 Å². The molecule has 0 aromatic carbocycles. The Morgan fingerprint density at radius 2 is 2.27 bits per heavy atom. The minimum absolute atomic E-state index is 0.316. The average Bonchev–Trinajstić information content (AvgIpc) is 1.87. The molecule has 3 nitrogen and oxygen atoms in total. The van der Waals surface area contributed by atoms with Crippen LogP contribution in [-0.4, -0.2) is 14.7 Å². The number of amides is 1. The van der Waals surface area contributed by atoms with Crippen molar-refractivity contribution in [2.24, 2.45) is 0 Å². The first kappa shape index (κ1) is 10.9. The molecule has 0 rings (SSSR count). The molecule has 0 saturated heterocycles. The summed E-state index contributed by atoms with van der Waals surface area (Å²) >= 11 is 1.77. The second-order valence-electron chi connectivity index (χ2n) is 2.35. The van der Waals surface area contributed by atoms with Crippen molar-refractivity contribution >= 4 is 28.5 Å². The summed E-state index contributed by atoms with van der Waals surface area (Å²) in [4.78, 5) is 10.9. The lowest BCUT2D eigenvalue weighted by atomic mass is 10.3. The van der Waals surface area contributed by atoms with Gasteiger partial charge in [0.25, 0.3) is 0 Å². The van der Waals surface area contributed by atoms with Gasteiger partial charge in [0.05, 0.1) is 0 Å². The van der Waals surface area contributed by atoms with Crippen molar-refractivity contribution in [2.45, 2.75) is 24.0 Å². The SMILES string of the molecule is C=C(C)C(=O)NC(O)(I)CC. The van der Waals surface area contributed by atoms with Crippen LogP contribution in [0.2, 0.25) is 0 Å². The van der Waals surface area contributed by atoms with Crippen molar-refractivity contribution in [1.82, 2.24) is 5.32 Å². The summed E-state index contributed by atoms with van der Waals surface area (Å²) in [7, 11) is 0. The van der Waals surface area contributed by atoms with E-state index < -0.39 is 3.73 Å². The highest BCUT2D eigenvalue weighted by Crippen LogP contribution is 2.15. The van der Waals surface area contributed by atoms with E-state index in [1.54, 1.807) is 36.4 Å². The van der Waals surface area contributed by atoms with Crippen LogP contribution >= 0.6 is 22.6 Å². The van der Waals surface area contributed by atoms with Crippen LogP contribution in [0.15, 0.2) is 12.2 Å². The van der Waals surface area contributed by atoms with Crippen LogP contribution in [0.1, 0.15) is 20.3 Å². The molecular formula is C7H12INO2. The Kier molecular flexibility index (Phi) is 4.02. The van der Waals surface area contributed by atoms with E-state index >= 15 is 0 Å². The zero-order valence-corrected chi connectivity index (χ0v) is 8.81. The highest BCUT2D eigenvalue weighted by atomic mass is 127. The number of aliphatic hydroxyl groups is 1. The van der Waals surface area contributed by atoms with Crippen molar-refractivity contribution in [1.29, 1.82) is 0 Å². The van der Waals surface area contributed by atoms with E-state index in [0.717, 1.165) is 0 Å². The van der Waals surface area contributed by atoms with E-state index in [-0.39, 0.29) is 5.91 Å². The predicted molar refractivity (Wildman–Crippen MR) is 52.2 cm³/mol. The summed E-state index contributed by atoms with van der Waals surface area (Å²) in [6.07, 6.45) is 0.465. The second-order valence-corrected chi connectivity index (χ2v) is 4.13. The van der Waals surface area contributed by atoms with Gasteiger partial charge in [-0.1, -0.05) is 13.5 Å². The number of alkyl halides is 1. The molecular weight excluding hydrogens is 257 g/mol. The zero-order valence-electron chi connectivity index (χ0n) is 6.65. The first-order chi connectivity index (χ1) is 4.89. The molecule has 1 atom stereocenters. The number of halogens is 1. The highest BCUT2D eigenvalue weighted by molar-refractivity contribution is 14.1. The topological polar surface area (TPSA) is 49.3 Å². The molecule has 1 amide bonds. The smallest absolute Gasteiger partial charge is 0.249 e. The molecule has 0 fully saturated rings. The van der Waals surface area contributed by atoms with Crippen LogP contribution in [-0.2, 0) is 4.79 Å². The van der Waals surface area contributed by atoms with E-state index in [2.05, 4.69) is 11.9 Å². The summed E-state index contributed by atoms with van der Waals surface area (Å²) in [5.74, 6) is -0.316. The third-order valence-electron chi connectivity index (χ3n) is 1.16. The minimum atomic E-state index is -1.15. The average molecular weight is 269 g/mol. The first-order valence-electron chi connectivity index (χ1n) is 3.28. The van der Waals surface area contributed by atoms with Crippen LogP contribution in [0, 0.1) is 0 Å². The molecule has 1 unspecified atom stereocenters. The van der Waals surface area contributed by atoms with E-state index in [1.165, 1.54) is 0 Å². The van der Waals surface area contributed by atoms with Gasteiger partial charge in [-0.15, -0.1) is 0 Å². The maximum atomic E-state index is 10.9. The van der Waals surface area contributed by atoms with Crippen molar-refractivity contribution in [3.8, 4) is 0 Å². The lowest BCUT2D eigenvalue weighted by molar-refractivity contribution is -0.120. The molecule has 0 saturated carbocycles. The number of hydrogen-bond donors (Lipinski definition) is 2. The lowest BCUT2D eigenvalue weighted by Crippen LogP contribution is -2.42. The van der Waals surface area contributed by atoms with Gasteiger partial charge < -0.3 is 10.4 Å². The normalized spacial score (nSPS) is 15.3. The van der Waals surface area contributed by atoms with Gasteiger partial charge in [-0.25, -0.2) is 0 Å². The van der Waals surface area contributed by atoms with Crippen molar-refractivity contribution in [2.75, 3.05) is 0 Å². The number of carbonyl (C=O) groups excluding carboxylic acids is 1. The molecule has 64 valence electrons. The van der Waals surface area contributed by atoms with Crippen LogP contribution in [0.4, 0.5) is 0 Å². The predicted octanol–water partition coefficient (Wildman–Crippen LogP) is 1.17. The van der Waals surface area contributed by atoms with E-state index in [9.17, 15) is 9.90 Å². The fourth-order valence-corrected chi connectivity index (χ4v) is 0.614. The number of rotatable bonds is 3. The molecule has 11 heavy (non-hydrogen) atoms. The zero-order chi connectivity index (χ0) is 9.07. The van der Waals surface area contributed by atoms with Crippen LogP contribution in [0.25, 0.3) is 0 Å². The molecule has 0 aromatic heterocycles. The number of hydrogen-bond acceptors (Lipinski definition) is 2. The van der Waals surface area contributed by atoms with Crippen molar-refractivity contribution in [3.63, 3.8) is 0 Å². The van der Waals surface area contributed by atoms with Crippen LogP contribution in [0.5, 0.6) is 0 Å². The van der Waals surface area contributed by atoms with Crippen LogP contribution in [0.3, 0.4) is 0 Å². The summed E-state index contributed by atoms with van der Waals surface area (Å²) in [5, 5.41) is 11.8. The van der Waals surface area contributed by atoms with Crippen molar-refractivity contribution < 1.29 is 9.90 Å². The third-order valence-corrected chi connectivity index (χ3v) is 2.19. The fraction of sp³-hybridized carbons (Fsp3) is 0.571. The fourth-order valence-electron chi connectivity index (χ4n) is 0.369. The third kappa shape index (κ3) is 4.36. The molecule has 0 bridgehead atoms. The van der Waals surface area contributed by atoms with Gasteiger partial charge in [-0.2, -0.15) is 0 Å². The van der Waals surface area contributed by atoms with Crippen LogP contribution < -0.4 is 5.32 Å². The van der Waals surface area contributed by atoms with Gasteiger partial charge in [-0.05, 0) is 29.5 Å². The maximum absolute atomic E-state index is 10.9. The molecule has 0 aliphatic carbocycles. The quantitative estimate of drug-likeness (QED) is 0.266. The Morgan fingerprint density at radius 1 is 1.82 bits per heavy atom. The first-order valence-corrected chi connectivity index (χ1v) is 4.36. The Balaban J connectivity index is 4.04. The summed E-state index contributed by atoms with van der Waals surface area (Å²) in [6, 6.07) is 0. The second kappa shape index (κ2) is 4.06. The monoisotopic (exact) mass is 269 g/mol. The van der Waals surface area contributed by atoms with Gasteiger partial charge in [0, 0.05) is 12.0 Å². The Morgan fingerprint density at radius 3 is 2.55 bits per heavy atom. The maximum Gasteiger partial charge on any atom is 0.249 e. The Bertz CT molecular complexity index is 177. The Labute approximate surface area is 80.0 Å². The molecule has 0 aliphatic rings. The molecule has 0 aliphatic heterocycles. The van der Waals surface area contributed by atoms with Gasteiger partial charge >= 0.3 is 0 Å². The van der Waals surface area contributed by atoms with E-state index in [1.807, 2.05) is 0 Å². The summed E-state index contributed by atoms with van der Waals surface area (Å²) < 4.78 is -1.15. The van der Waals surface area contributed by atoms with Gasteiger partial charge in [-0.3, -0.25) is 4.79 Å². The lowest BCUT2D eigenvalue weighted by Gasteiger charge is -2.20. The number of nitrogens with one attached hydrogen (secondary N) is 1. The Hall–Kier alpha value is -0.100. The molecule has 2 N–H and O–H groups in total. The highest BCUT2D eigenvalue weighted by Gasteiger charge is 2.21. The largest absolute Gasteiger partial charge is 0.363 e. The summed E-state index contributed by atoms with van der Waals surface area (Å²) in [6.45, 7) is 6.82. The number of carbonyl (C=O) groups is 1. The minimum Gasteiger partial charge on any atom is -0.363 e. The molecule has 0 radical (unpaired) electrons. The summed E-state index contributed by atoms with van der Waals surface area (Å²) in [5.41, 5.74) is 0.397. The van der Waals surface area contributed by atoms with Crippen molar-refractivity contribution in [3.05, 3.63) is 12.2 Å². The molecule has 0 heterocycles.